The number of nitrogens with one attached hydrogen (secondary N) is 2. The van der Waals surface area contributed by atoms with Crippen LogP contribution >= 0.6 is 11.3 Å². The second kappa shape index (κ2) is 5.14. The quantitative estimate of drug-likeness (QED) is 0.873. The molecule has 0 saturated carbocycles. The van der Waals surface area contributed by atoms with Crippen molar-refractivity contribution >= 4 is 23.0 Å². The van der Waals surface area contributed by atoms with Gasteiger partial charge in [0.05, 0.1) is 6.54 Å². The summed E-state index contributed by atoms with van der Waals surface area (Å²) >= 11 is 1.74. The molecule has 0 fully saturated rings. The highest BCUT2D eigenvalue weighted by Crippen LogP contribution is 2.20. The van der Waals surface area contributed by atoms with Gasteiger partial charge in [0.25, 0.3) is 0 Å². The molecule has 5 heteroatoms. The van der Waals surface area contributed by atoms with Crippen molar-refractivity contribution in [3.63, 3.8) is 0 Å². The SMILES string of the molecule is CNc1nc(C)nc(NCc2cccs2)c1C. The van der Waals surface area contributed by atoms with E-state index in [2.05, 4.69) is 38.1 Å². The minimum Gasteiger partial charge on any atom is -0.373 e. The molecular formula is C12H16N4S. The highest BCUT2D eigenvalue weighted by molar-refractivity contribution is 7.09. The number of aromatic nitrogens is 2. The molecule has 4 nitrogen and oxygen atoms in total. The van der Waals surface area contributed by atoms with Crippen molar-refractivity contribution in [3.05, 3.63) is 33.8 Å². The van der Waals surface area contributed by atoms with E-state index >= 15 is 0 Å². The van der Waals surface area contributed by atoms with Crippen LogP contribution in [0.2, 0.25) is 0 Å². The Morgan fingerprint density at radius 2 is 2.00 bits per heavy atom. The predicted octanol–water partition coefficient (Wildman–Crippen LogP) is 2.81. The average Bonchev–Trinajstić information content (AvgIpc) is 2.82. The zero-order valence-electron chi connectivity index (χ0n) is 10.2. The fourth-order valence-electron chi connectivity index (χ4n) is 1.63. The second-order valence-electron chi connectivity index (χ2n) is 3.78. The Hall–Kier alpha value is -1.62. The molecule has 2 heterocycles. The van der Waals surface area contributed by atoms with Gasteiger partial charge in [0, 0.05) is 17.5 Å². The van der Waals surface area contributed by atoms with Crippen molar-refractivity contribution in [1.82, 2.24) is 9.97 Å². The van der Waals surface area contributed by atoms with Crippen molar-refractivity contribution in [2.24, 2.45) is 0 Å². The fourth-order valence-corrected chi connectivity index (χ4v) is 2.27. The molecule has 0 radical (unpaired) electrons. The van der Waals surface area contributed by atoms with Gasteiger partial charge in [-0.2, -0.15) is 0 Å². The molecule has 2 aromatic rings. The third kappa shape index (κ3) is 2.74. The van der Waals surface area contributed by atoms with E-state index < -0.39 is 0 Å². The Kier molecular flexibility index (Phi) is 3.58. The minimum atomic E-state index is 0.772. The highest BCUT2D eigenvalue weighted by Gasteiger charge is 2.07. The van der Waals surface area contributed by atoms with E-state index in [1.165, 1.54) is 4.88 Å². The van der Waals surface area contributed by atoms with Gasteiger partial charge in [-0.1, -0.05) is 6.07 Å². The lowest BCUT2D eigenvalue weighted by Gasteiger charge is -2.11. The Labute approximate surface area is 105 Å². The third-order valence-electron chi connectivity index (χ3n) is 2.50. The molecule has 90 valence electrons. The topological polar surface area (TPSA) is 49.8 Å². The van der Waals surface area contributed by atoms with Crippen molar-refractivity contribution in [1.29, 1.82) is 0 Å². The summed E-state index contributed by atoms with van der Waals surface area (Å²) in [5.41, 5.74) is 1.05. The Balaban J connectivity index is 2.17. The van der Waals surface area contributed by atoms with Gasteiger partial charge in [-0.25, -0.2) is 9.97 Å². The number of rotatable bonds is 4. The molecule has 2 rings (SSSR count). The summed E-state index contributed by atoms with van der Waals surface area (Å²) in [6.07, 6.45) is 0. The van der Waals surface area contributed by atoms with Crippen LogP contribution in [0.25, 0.3) is 0 Å². The standard InChI is InChI=1S/C12H16N4S/c1-8-11(13-3)15-9(2)16-12(8)14-7-10-5-4-6-17-10/h4-6H,7H2,1-3H3,(H2,13,14,15,16). The lowest BCUT2D eigenvalue weighted by molar-refractivity contribution is 1.01. The average molecular weight is 248 g/mol. The first-order valence-electron chi connectivity index (χ1n) is 5.50. The monoisotopic (exact) mass is 248 g/mol. The Morgan fingerprint density at radius 3 is 2.65 bits per heavy atom. The molecule has 0 unspecified atom stereocenters. The van der Waals surface area contributed by atoms with Gasteiger partial charge in [-0.05, 0) is 25.3 Å². The van der Waals surface area contributed by atoms with Crippen LogP contribution in [-0.2, 0) is 6.54 Å². The van der Waals surface area contributed by atoms with Crippen molar-refractivity contribution < 1.29 is 0 Å². The maximum Gasteiger partial charge on any atom is 0.135 e. The number of hydrogen-bond acceptors (Lipinski definition) is 5. The van der Waals surface area contributed by atoms with E-state index in [0.717, 1.165) is 29.6 Å². The molecule has 0 spiro atoms. The predicted molar refractivity (Wildman–Crippen MR) is 72.7 cm³/mol. The lowest BCUT2D eigenvalue weighted by atomic mass is 10.3. The summed E-state index contributed by atoms with van der Waals surface area (Å²) in [5, 5.41) is 8.51. The smallest absolute Gasteiger partial charge is 0.135 e. The molecule has 0 amide bonds. The molecule has 0 bridgehead atoms. The number of hydrogen-bond donors (Lipinski definition) is 2. The number of thiophene rings is 1. The van der Waals surface area contributed by atoms with Gasteiger partial charge in [0.15, 0.2) is 0 Å². The first-order chi connectivity index (χ1) is 8.20. The van der Waals surface area contributed by atoms with Gasteiger partial charge >= 0.3 is 0 Å². The van der Waals surface area contributed by atoms with E-state index in [9.17, 15) is 0 Å². The van der Waals surface area contributed by atoms with Crippen LogP contribution in [0.3, 0.4) is 0 Å². The Morgan fingerprint density at radius 1 is 1.24 bits per heavy atom. The highest BCUT2D eigenvalue weighted by atomic mass is 32.1. The van der Waals surface area contributed by atoms with Crippen molar-refractivity contribution in [2.75, 3.05) is 17.7 Å². The zero-order valence-corrected chi connectivity index (χ0v) is 11.1. The second-order valence-corrected chi connectivity index (χ2v) is 4.81. The van der Waals surface area contributed by atoms with Gasteiger partial charge in [-0.3, -0.25) is 0 Å². The number of anilines is 2. The van der Waals surface area contributed by atoms with Crippen LogP contribution in [0.5, 0.6) is 0 Å². The van der Waals surface area contributed by atoms with Gasteiger partial charge in [0.2, 0.25) is 0 Å². The Bertz CT molecular complexity index is 493. The van der Waals surface area contributed by atoms with Crippen molar-refractivity contribution in [2.45, 2.75) is 20.4 Å². The van der Waals surface area contributed by atoms with Gasteiger partial charge in [-0.15, -0.1) is 11.3 Å². The minimum absolute atomic E-state index is 0.772. The van der Waals surface area contributed by atoms with Crippen LogP contribution in [0.15, 0.2) is 17.5 Å². The summed E-state index contributed by atoms with van der Waals surface area (Å²) < 4.78 is 0. The molecule has 0 aliphatic rings. The molecule has 0 aromatic carbocycles. The number of nitrogens with zero attached hydrogens (tertiary/aromatic N) is 2. The van der Waals surface area contributed by atoms with E-state index in [4.69, 9.17) is 0 Å². The molecule has 2 N–H and O–H groups in total. The molecule has 0 aliphatic heterocycles. The maximum atomic E-state index is 4.42. The largest absolute Gasteiger partial charge is 0.373 e. The summed E-state index contributed by atoms with van der Waals surface area (Å²) in [5.74, 6) is 2.55. The first-order valence-corrected chi connectivity index (χ1v) is 6.38. The normalized spacial score (nSPS) is 10.3. The molecule has 2 aromatic heterocycles. The zero-order chi connectivity index (χ0) is 12.3. The van der Waals surface area contributed by atoms with Gasteiger partial charge < -0.3 is 10.6 Å². The molecular weight excluding hydrogens is 232 g/mol. The molecule has 0 saturated heterocycles. The van der Waals surface area contributed by atoms with E-state index in [1.54, 1.807) is 11.3 Å². The summed E-state index contributed by atoms with van der Waals surface area (Å²) in [4.78, 5) is 10.1. The summed E-state index contributed by atoms with van der Waals surface area (Å²) in [6.45, 7) is 4.72. The lowest BCUT2D eigenvalue weighted by Crippen LogP contribution is -2.07. The van der Waals surface area contributed by atoms with E-state index in [0.29, 0.717) is 0 Å². The van der Waals surface area contributed by atoms with Crippen LogP contribution in [0.1, 0.15) is 16.3 Å². The number of aryl methyl sites for hydroxylation is 1. The molecule has 17 heavy (non-hydrogen) atoms. The molecule has 0 atom stereocenters. The van der Waals surface area contributed by atoms with E-state index in [-0.39, 0.29) is 0 Å². The summed E-state index contributed by atoms with van der Waals surface area (Å²) in [6, 6.07) is 4.17. The van der Waals surface area contributed by atoms with Crippen LogP contribution in [0, 0.1) is 13.8 Å². The fraction of sp³-hybridized carbons (Fsp3) is 0.333. The van der Waals surface area contributed by atoms with Crippen LogP contribution in [0.4, 0.5) is 11.6 Å². The van der Waals surface area contributed by atoms with Gasteiger partial charge in [0.1, 0.15) is 17.5 Å². The van der Waals surface area contributed by atoms with E-state index in [1.807, 2.05) is 20.9 Å². The van der Waals surface area contributed by atoms with Crippen molar-refractivity contribution in [3.8, 4) is 0 Å². The first kappa shape index (κ1) is 11.9. The van der Waals surface area contributed by atoms with Crippen LogP contribution in [-0.4, -0.2) is 17.0 Å². The maximum absolute atomic E-state index is 4.42. The van der Waals surface area contributed by atoms with Crippen LogP contribution < -0.4 is 10.6 Å². The molecule has 0 aliphatic carbocycles. The summed E-state index contributed by atoms with van der Waals surface area (Å²) in [7, 11) is 1.87. The third-order valence-corrected chi connectivity index (χ3v) is 3.38.